The molecule has 6 aromatic heterocycles. The first-order valence-corrected chi connectivity index (χ1v) is 44.0. The lowest BCUT2D eigenvalue weighted by Gasteiger charge is -2.39. The molecule has 2 spiro atoms. The zero-order chi connectivity index (χ0) is 85.3. The normalized spacial score (nSPS) is 13.2. The molecule has 28 rings (SSSR count). The van der Waals surface area contributed by atoms with Crippen molar-refractivity contribution < 1.29 is 18.3 Å². The van der Waals surface area contributed by atoms with E-state index in [1.54, 1.807) is 0 Å². The van der Waals surface area contributed by atoms with E-state index in [-0.39, 0.29) is 0 Å². The third-order valence-corrected chi connectivity index (χ3v) is 27.1. The number of furan rings is 2. The molecule has 0 unspecified atom stereocenters. The van der Waals surface area contributed by atoms with Crippen LogP contribution in [-0.4, -0.2) is 29.9 Å². The number of para-hydroxylation sites is 7. The van der Waals surface area contributed by atoms with Gasteiger partial charge in [0.05, 0.1) is 56.0 Å². The van der Waals surface area contributed by atoms with Crippen LogP contribution in [-0.2, 0) is 10.8 Å². The van der Waals surface area contributed by atoms with Crippen LogP contribution in [0.15, 0.2) is 433 Å². The van der Waals surface area contributed by atoms with Crippen molar-refractivity contribution in [3.05, 3.63) is 469 Å². The van der Waals surface area contributed by atoms with Crippen molar-refractivity contribution in [2.75, 3.05) is 0 Å². The van der Waals surface area contributed by atoms with Crippen molar-refractivity contribution in [3.63, 3.8) is 0 Å². The molecular weight excluding hydrogens is 1590 g/mol. The molecule has 8 heterocycles. The summed E-state index contributed by atoms with van der Waals surface area (Å²) in [5, 5.41) is 10.8. The summed E-state index contributed by atoms with van der Waals surface area (Å²) >= 11 is 0. The third-order valence-electron chi connectivity index (χ3n) is 27.1. The van der Waals surface area contributed by atoms with E-state index in [4.69, 9.17) is 48.2 Å². The fourth-order valence-electron chi connectivity index (χ4n) is 21.5. The Kier molecular flexibility index (Phi) is 16.1. The number of rotatable bonds is 8. The van der Waals surface area contributed by atoms with Crippen molar-refractivity contribution in [1.82, 2.24) is 29.9 Å². The van der Waals surface area contributed by atoms with Crippen molar-refractivity contribution in [2.45, 2.75) is 10.8 Å². The fourth-order valence-corrected chi connectivity index (χ4v) is 21.5. The van der Waals surface area contributed by atoms with Crippen LogP contribution in [0.1, 0.15) is 44.5 Å². The van der Waals surface area contributed by atoms with Crippen LogP contribution in [0.3, 0.4) is 0 Å². The van der Waals surface area contributed by atoms with E-state index < -0.39 is 10.8 Å². The summed E-state index contributed by atoms with van der Waals surface area (Å²) in [5.41, 5.74) is 31.5. The van der Waals surface area contributed by atoms with Gasteiger partial charge in [-0.3, -0.25) is 0 Å². The highest BCUT2D eigenvalue weighted by Gasteiger charge is 2.53. The van der Waals surface area contributed by atoms with Crippen LogP contribution < -0.4 is 9.47 Å². The van der Waals surface area contributed by atoms with Crippen molar-refractivity contribution >= 4 is 87.2 Å². The molecule has 604 valence electrons. The van der Waals surface area contributed by atoms with E-state index in [1.165, 1.54) is 44.5 Å². The second-order valence-corrected chi connectivity index (χ2v) is 34.0. The van der Waals surface area contributed by atoms with E-state index in [0.29, 0.717) is 11.6 Å². The van der Waals surface area contributed by atoms with E-state index in [9.17, 15) is 0 Å². The average Bonchev–Trinajstić information content (AvgIpc) is 1.49. The van der Waals surface area contributed by atoms with Crippen molar-refractivity contribution in [3.8, 4) is 136 Å². The van der Waals surface area contributed by atoms with Gasteiger partial charge >= 0.3 is 0 Å². The number of aromatic nitrogens is 6. The minimum atomic E-state index is -0.567. The van der Waals surface area contributed by atoms with Crippen LogP contribution in [0.2, 0.25) is 0 Å². The summed E-state index contributed by atoms with van der Waals surface area (Å²) in [6, 6.07) is 149. The van der Waals surface area contributed by atoms with Gasteiger partial charge < -0.3 is 18.3 Å². The molecule has 10 nitrogen and oxygen atoms in total. The van der Waals surface area contributed by atoms with Gasteiger partial charge in [0.15, 0.2) is 11.6 Å². The van der Waals surface area contributed by atoms with Crippen molar-refractivity contribution in [2.24, 2.45) is 0 Å². The maximum absolute atomic E-state index is 6.97. The van der Waals surface area contributed by atoms with Crippen molar-refractivity contribution in [1.29, 1.82) is 0 Å². The van der Waals surface area contributed by atoms with Crippen LogP contribution in [0, 0.1) is 0 Å². The first-order chi connectivity index (χ1) is 64.4. The Bertz CT molecular complexity index is 8790. The minimum absolute atomic E-state index is 0.566. The van der Waals surface area contributed by atoms with E-state index in [1.807, 2.05) is 78.9 Å². The summed E-state index contributed by atoms with van der Waals surface area (Å²) in [6.07, 6.45) is 0. The maximum atomic E-state index is 6.97. The van der Waals surface area contributed by atoms with Gasteiger partial charge in [0.1, 0.15) is 45.3 Å². The highest BCUT2D eigenvalue weighted by molar-refractivity contribution is 6.16. The smallest absolute Gasteiger partial charge is 0.160 e. The molecule has 0 fully saturated rings. The maximum Gasteiger partial charge on any atom is 0.160 e. The zero-order valence-electron chi connectivity index (χ0n) is 69.7. The Morgan fingerprint density at radius 3 is 1.03 bits per heavy atom. The molecule has 0 bridgehead atoms. The standard InChI is InChI=1S/2C60H35N3O2/c1-2-15-38(16-3-1)59-62-52(35-53(63-59)44-22-14-21-43-42-20-7-12-27-54(42)65-58(43)44)36-29-31-37(32-30-36)57-46-34-56-50(33-45(46)41-19-6-11-26-51(41)61-57)60(49-25-10-13-28-55(49)64-56)47-23-8-4-17-39(47)40-18-5-9-24-48(40)60;1-2-15-38(16-3-1)59-62-51(35-52(63-59)42-21-14-28-55-57(42)43-20-7-12-26-53(43)64-55)36-29-31-37(32-30-36)58-45-34-56-49(33-44(45)41-19-6-11-25-50(41)61-58)60(48-24-10-13-27-54(48)65-56)46-22-8-4-17-39(46)40-18-5-9-23-47(40)60/h2*1-35H. The largest absolute Gasteiger partial charge is 0.457 e. The lowest BCUT2D eigenvalue weighted by atomic mass is 9.65. The number of ether oxygens (including phenoxy) is 2. The van der Waals surface area contributed by atoms with Gasteiger partial charge in [0, 0.05) is 110 Å². The number of hydrogen-bond donors (Lipinski definition) is 0. The van der Waals surface area contributed by atoms with Gasteiger partial charge in [-0.2, -0.15) is 0 Å². The molecule has 4 aliphatic rings. The number of nitrogens with zero attached hydrogens (tertiary/aromatic N) is 6. The van der Waals surface area contributed by atoms with Gasteiger partial charge in [-0.1, -0.05) is 340 Å². The number of pyridine rings is 2. The van der Waals surface area contributed by atoms with E-state index in [2.05, 4.69) is 346 Å². The van der Waals surface area contributed by atoms with Crippen LogP contribution in [0.4, 0.5) is 0 Å². The molecular formula is C120H70N6O4. The SMILES string of the molecule is c1ccc(-c2nc(-c3ccc(-c4nc5ccccc5c5cc6c(cc45)Oc4ccccc4C64c5ccccc5-c5ccccc54)cc3)cc(-c3cccc4c3oc3ccccc34)n2)cc1.c1ccc(-c2nc(-c3ccc(-c4nc5ccccc5c5cc6c(cc45)Oc4ccccc4C64c5ccccc5-c5ccccc54)cc3)cc(-c3cccc4oc5ccccc5c34)n2)cc1. The Labute approximate surface area is 746 Å². The topological polar surface area (TPSA) is 122 Å². The molecule has 24 aromatic rings. The number of hydrogen-bond acceptors (Lipinski definition) is 10. The Hall–Kier alpha value is -17.3. The molecule has 10 heteroatoms. The van der Waals surface area contributed by atoms with E-state index in [0.717, 1.165) is 211 Å². The molecule has 18 aromatic carbocycles. The van der Waals surface area contributed by atoms with Gasteiger partial charge in [0.2, 0.25) is 0 Å². The Morgan fingerprint density at radius 1 is 0.185 bits per heavy atom. The fraction of sp³-hybridized carbons (Fsp3) is 0.0167. The monoisotopic (exact) mass is 1660 g/mol. The molecule has 0 N–H and O–H groups in total. The Morgan fingerprint density at radius 2 is 0.538 bits per heavy atom. The first kappa shape index (κ1) is 73.1. The van der Waals surface area contributed by atoms with Gasteiger partial charge in [-0.25, -0.2) is 29.9 Å². The molecule has 0 amide bonds. The van der Waals surface area contributed by atoms with Crippen LogP contribution >= 0.6 is 0 Å². The van der Waals surface area contributed by atoms with E-state index >= 15 is 0 Å². The molecule has 0 saturated heterocycles. The van der Waals surface area contributed by atoms with Crippen LogP contribution in [0.5, 0.6) is 23.0 Å². The lowest BCUT2D eigenvalue weighted by molar-refractivity contribution is 0.437. The summed E-state index contributed by atoms with van der Waals surface area (Å²) < 4.78 is 26.7. The lowest BCUT2D eigenvalue weighted by Crippen LogP contribution is -2.32. The number of benzene rings is 18. The Balaban J connectivity index is 0.000000134. The summed E-state index contributed by atoms with van der Waals surface area (Å²) in [7, 11) is 0. The molecule has 130 heavy (non-hydrogen) atoms. The summed E-state index contributed by atoms with van der Waals surface area (Å²) in [5.74, 6) is 4.70. The van der Waals surface area contributed by atoms with Crippen LogP contribution in [0.25, 0.3) is 200 Å². The van der Waals surface area contributed by atoms with Gasteiger partial charge in [0.25, 0.3) is 0 Å². The third kappa shape index (κ3) is 10.9. The minimum Gasteiger partial charge on any atom is -0.457 e. The highest BCUT2D eigenvalue weighted by Crippen LogP contribution is 2.65. The van der Waals surface area contributed by atoms with Gasteiger partial charge in [-0.15, -0.1) is 0 Å². The quantitative estimate of drug-likeness (QED) is 0.136. The predicted molar refractivity (Wildman–Crippen MR) is 522 cm³/mol. The second kappa shape index (κ2) is 28.6. The predicted octanol–water partition coefficient (Wildman–Crippen LogP) is 30.4. The average molecular weight is 1660 g/mol. The van der Waals surface area contributed by atoms with Gasteiger partial charge in [-0.05, 0) is 140 Å². The second-order valence-electron chi connectivity index (χ2n) is 34.0. The number of fused-ring (bicyclic) bond motifs is 30. The summed E-state index contributed by atoms with van der Waals surface area (Å²) in [4.78, 5) is 31.5. The first-order valence-electron chi connectivity index (χ1n) is 44.0. The molecule has 2 aliphatic carbocycles. The molecule has 0 saturated carbocycles. The summed E-state index contributed by atoms with van der Waals surface area (Å²) in [6.45, 7) is 0. The molecule has 2 aliphatic heterocycles. The highest BCUT2D eigenvalue weighted by atomic mass is 16.5. The molecule has 0 radical (unpaired) electrons. The zero-order valence-corrected chi connectivity index (χ0v) is 69.7. The molecule has 0 atom stereocenters.